The predicted octanol–water partition coefficient (Wildman–Crippen LogP) is 8.04. The summed E-state index contributed by atoms with van der Waals surface area (Å²) in [6.45, 7) is 0. The predicted molar refractivity (Wildman–Crippen MR) is 184 cm³/mol. The fourth-order valence-electron chi connectivity index (χ4n) is 4.64. The summed E-state index contributed by atoms with van der Waals surface area (Å²) in [6.07, 6.45) is 36.6. The molecule has 2 nitrogen and oxygen atoms in total. The third-order valence-electron chi connectivity index (χ3n) is 6.95. The molecule has 0 atom stereocenters. The molecule has 0 saturated heterocycles. The van der Waals surface area contributed by atoms with Gasteiger partial charge in [-0.05, 0) is 163 Å². The molecule has 1 heterocycles. The SMILES string of the molecule is C(#Cc1ccc(C#Cc2cccc([C]3[CH][CH][CH][CH]3)c2)c2nsnc12)c1ccc([C]2[CH][CH][CH][CH]2)cc1.[CH]1[CH][CH][CH][CH]1.[CH]1[CH][CH][CH][CH]1.[Fe+2].[Fe+2]. The summed E-state index contributed by atoms with van der Waals surface area (Å²) in [4.78, 5) is 0. The van der Waals surface area contributed by atoms with E-state index in [0.29, 0.717) is 0 Å². The quantitative estimate of drug-likeness (QED) is 0.156. The number of rotatable bonds is 2. The largest absolute Gasteiger partial charge is 2.00 e. The molecular formula is C42H28Fe2N2S+4. The molecule has 0 N–H and O–H groups in total. The van der Waals surface area contributed by atoms with Crippen LogP contribution in [0, 0.1) is 151 Å². The molecular weight excluding hydrogens is 676 g/mol. The van der Waals surface area contributed by atoms with Gasteiger partial charge in [-0.25, -0.2) is 0 Å². The van der Waals surface area contributed by atoms with Crippen molar-refractivity contribution in [1.82, 2.24) is 8.75 Å². The minimum Gasteiger partial charge on any atom is -0.172 e. The Balaban J connectivity index is 0.000000357. The first kappa shape index (κ1) is 37.5. The first-order valence-corrected chi connectivity index (χ1v) is 15.3. The fraction of sp³-hybridized carbons (Fsp3) is 0. The number of nitrogens with zero attached hydrogens (tertiary/aromatic N) is 2. The minimum atomic E-state index is 0. The first-order valence-electron chi connectivity index (χ1n) is 14.6. The molecule has 8 rings (SSSR count). The third kappa shape index (κ3) is 11.1. The summed E-state index contributed by atoms with van der Waals surface area (Å²) in [7, 11) is 0. The van der Waals surface area contributed by atoms with Gasteiger partial charge in [-0.3, -0.25) is 0 Å². The van der Waals surface area contributed by atoms with Gasteiger partial charge in [0.1, 0.15) is 11.0 Å². The van der Waals surface area contributed by atoms with Gasteiger partial charge in [-0.2, -0.15) is 8.75 Å². The molecule has 4 aromatic rings. The van der Waals surface area contributed by atoms with Crippen molar-refractivity contribution in [3.63, 3.8) is 0 Å². The molecule has 0 bridgehead atoms. The normalized spacial score (nSPS) is 17.1. The summed E-state index contributed by atoms with van der Waals surface area (Å²) in [6, 6.07) is 20.6. The standard InChI is InChI=1S/C32H18N2S.2C5H5.2Fe/c1-2-8-25(7-1)27-16-12-23(13-17-27)14-18-28-20-21-29(32-31(28)33-35-34-32)19-15-24-6-5-11-30(22-24)26-9-3-4-10-26;2*1-2-4-5-3-1;;/h1-13,16-17,20-22H;2*1-5H;;/q;;;2*+2. The molecule has 0 aliphatic heterocycles. The van der Waals surface area contributed by atoms with Crippen LogP contribution in [0.1, 0.15) is 33.4 Å². The second kappa shape index (κ2) is 20.2. The Morgan fingerprint density at radius 2 is 0.851 bits per heavy atom. The van der Waals surface area contributed by atoms with Crippen LogP contribution in [0.3, 0.4) is 0 Å². The van der Waals surface area contributed by atoms with Crippen molar-refractivity contribution in [2.45, 2.75) is 0 Å². The summed E-state index contributed by atoms with van der Waals surface area (Å²) < 4.78 is 9.01. The Labute approximate surface area is 309 Å². The first-order chi connectivity index (χ1) is 22.3. The number of benzene rings is 3. The summed E-state index contributed by atoms with van der Waals surface area (Å²) >= 11 is 1.19. The Kier molecular flexibility index (Phi) is 16.1. The van der Waals surface area contributed by atoms with Crippen LogP contribution in [-0.4, -0.2) is 8.75 Å². The molecule has 4 aliphatic rings. The second-order valence-electron chi connectivity index (χ2n) is 10.1. The number of fused-ring (bicyclic) bond motifs is 1. The summed E-state index contributed by atoms with van der Waals surface area (Å²) in [5.74, 6) is 15.5. The van der Waals surface area contributed by atoms with Crippen LogP contribution in [0.25, 0.3) is 11.0 Å². The fourth-order valence-corrected chi connectivity index (χ4v) is 5.22. The van der Waals surface area contributed by atoms with E-state index >= 15 is 0 Å². The molecule has 4 aliphatic carbocycles. The van der Waals surface area contributed by atoms with E-state index in [1.165, 1.54) is 29.1 Å². The molecule has 47 heavy (non-hydrogen) atoms. The van der Waals surface area contributed by atoms with E-state index in [2.05, 4.69) is 94.5 Å². The van der Waals surface area contributed by atoms with Crippen LogP contribution in [0.4, 0.5) is 0 Å². The number of hydrogen-bond donors (Lipinski definition) is 0. The van der Waals surface area contributed by atoms with Gasteiger partial charge in [-0.15, -0.1) is 0 Å². The monoisotopic (exact) mass is 704 g/mol. The van der Waals surface area contributed by atoms with Gasteiger partial charge in [-0.1, -0.05) is 47.9 Å². The molecule has 0 unspecified atom stereocenters. The maximum absolute atomic E-state index is 4.51. The smallest absolute Gasteiger partial charge is 0.172 e. The van der Waals surface area contributed by atoms with Crippen LogP contribution >= 0.6 is 11.7 Å². The molecule has 5 heteroatoms. The van der Waals surface area contributed by atoms with Crippen molar-refractivity contribution in [1.29, 1.82) is 0 Å². The van der Waals surface area contributed by atoms with Crippen LogP contribution in [0.2, 0.25) is 0 Å². The van der Waals surface area contributed by atoms with Gasteiger partial charge >= 0.3 is 34.1 Å². The summed E-state index contributed by atoms with van der Waals surface area (Å²) in [5.41, 5.74) is 7.60. The molecule has 224 valence electrons. The van der Waals surface area contributed by atoms with E-state index in [1.54, 1.807) is 0 Å². The zero-order valence-electron chi connectivity index (χ0n) is 25.2. The van der Waals surface area contributed by atoms with Crippen molar-refractivity contribution in [3.05, 3.63) is 221 Å². The molecule has 4 saturated carbocycles. The average Bonchev–Trinajstić information content (AvgIpc) is 3.94. The van der Waals surface area contributed by atoms with Crippen molar-refractivity contribution < 1.29 is 34.1 Å². The average molecular weight is 704 g/mol. The van der Waals surface area contributed by atoms with Gasteiger partial charge in [0.05, 0.1) is 22.9 Å². The summed E-state index contributed by atoms with van der Waals surface area (Å²) in [5, 5.41) is 0. The minimum absolute atomic E-state index is 0. The van der Waals surface area contributed by atoms with E-state index in [4.69, 9.17) is 0 Å². The van der Waals surface area contributed by atoms with E-state index in [0.717, 1.165) is 38.9 Å². The molecule has 1 aromatic heterocycles. The van der Waals surface area contributed by atoms with Gasteiger partial charge in [0.25, 0.3) is 0 Å². The molecule has 3 aromatic carbocycles. The Morgan fingerprint density at radius 1 is 0.404 bits per heavy atom. The maximum atomic E-state index is 4.51. The van der Waals surface area contributed by atoms with Gasteiger partial charge in [0.2, 0.25) is 0 Å². The molecule has 0 amide bonds. The second-order valence-corrected chi connectivity index (χ2v) is 10.6. The molecule has 0 spiro atoms. The van der Waals surface area contributed by atoms with Gasteiger partial charge in [0.15, 0.2) is 0 Å². The van der Waals surface area contributed by atoms with Gasteiger partial charge in [0, 0.05) is 23.0 Å². The van der Waals surface area contributed by atoms with Crippen LogP contribution in [0.15, 0.2) is 60.7 Å². The zero-order chi connectivity index (χ0) is 30.5. The topological polar surface area (TPSA) is 25.8 Å². The van der Waals surface area contributed by atoms with E-state index in [1.807, 2.05) is 114 Å². The maximum Gasteiger partial charge on any atom is 2.00 e. The van der Waals surface area contributed by atoms with Crippen molar-refractivity contribution in [3.8, 4) is 23.7 Å². The Morgan fingerprint density at radius 3 is 1.34 bits per heavy atom. The number of hydrogen-bond acceptors (Lipinski definition) is 3. The van der Waals surface area contributed by atoms with E-state index in [9.17, 15) is 0 Å². The number of aromatic nitrogens is 2. The van der Waals surface area contributed by atoms with Crippen LogP contribution < -0.4 is 0 Å². The van der Waals surface area contributed by atoms with Gasteiger partial charge < -0.3 is 0 Å². The zero-order valence-corrected chi connectivity index (χ0v) is 28.2. The molecule has 4 fully saturated rings. The molecule has 20 radical (unpaired) electrons. The van der Waals surface area contributed by atoms with E-state index in [-0.39, 0.29) is 34.1 Å². The third-order valence-corrected chi connectivity index (χ3v) is 7.48. The van der Waals surface area contributed by atoms with E-state index < -0.39 is 0 Å². The van der Waals surface area contributed by atoms with Crippen molar-refractivity contribution in [2.24, 2.45) is 0 Å². The van der Waals surface area contributed by atoms with Crippen molar-refractivity contribution in [2.75, 3.05) is 0 Å². The van der Waals surface area contributed by atoms with Crippen LogP contribution in [0.5, 0.6) is 0 Å². The van der Waals surface area contributed by atoms with Crippen LogP contribution in [-0.2, 0) is 34.1 Å². The Bertz CT molecular complexity index is 1610. The van der Waals surface area contributed by atoms with Crippen molar-refractivity contribution >= 4 is 22.8 Å². The Hall–Kier alpha value is -2.36.